The molecule has 0 saturated carbocycles. The Kier molecular flexibility index (Phi) is 2.33. The fourth-order valence-corrected chi connectivity index (χ4v) is 1.61. The first-order chi connectivity index (χ1) is 7.42. The summed E-state index contributed by atoms with van der Waals surface area (Å²) in [5.41, 5.74) is -0.743. The lowest BCUT2D eigenvalue weighted by Crippen LogP contribution is -2.32. The fourth-order valence-electron chi connectivity index (χ4n) is 1.61. The first-order valence-corrected chi connectivity index (χ1v) is 4.73. The Morgan fingerprint density at radius 1 is 1.38 bits per heavy atom. The number of Topliss-reactive ketones (excluding diaryl/α,β-unsaturated/α-hetero) is 1. The van der Waals surface area contributed by atoms with Crippen molar-refractivity contribution in [3.8, 4) is 11.5 Å². The number of carbonyl (C=O) groups excluding carboxylic acids is 1. The number of benzene rings is 1. The predicted molar refractivity (Wildman–Crippen MR) is 52.1 cm³/mol. The molecule has 0 aromatic heterocycles. The molecule has 0 radical (unpaired) electrons. The van der Waals surface area contributed by atoms with Crippen molar-refractivity contribution in [3.63, 3.8) is 0 Å². The molecule has 0 bridgehead atoms. The maximum absolute atomic E-state index is 12.1. The van der Waals surface area contributed by atoms with Crippen LogP contribution >= 0.6 is 0 Å². The summed E-state index contributed by atoms with van der Waals surface area (Å²) in [6.07, 6.45) is 0. The van der Waals surface area contributed by atoms with Gasteiger partial charge >= 0.3 is 6.61 Å². The molecule has 0 fully saturated rings. The topological polar surface area (TPSA) is 35.5 Å². The molecule has 3 nitrogen and oxygen atoms in total. The van der Waals surface area contributed by atoms with Crippen LogP contribution in [0, 0.1) is 0 Å². The van der Waals surface area contributed by atoms with Crippen molar-refractivity contribution in [1.82, 2.24) is 0 Å². The lowest BCUT2D eigenvalue weighted by atomic mass is 10.00. The summed E-state index contributed by atoms with van der Waals surface area (Å²) in [5, 5.41) is 0. The average Bonchev–Trinajstić information content (AvgIpc) is 2.40. The van der Waals surface area contributed by atoms with E-state index in [4.69, 9.17) is 4.74 Å². The largest absolute Gasteiger partial charge is 0.475 e. The molecule has 0 amide bonds. The van der Waals surface area contributed by atoms with Crippen molar-refractivity contribution < 1.29 is 23.0 Å². The van der Waals surface area contributed by atoms with Gasteiger partial charge in [-0.2, -0.15) is 8.78 Å². The number of alkyl halides is 2. The number of rotatable bonds is 2. The molecule has 1 aliphatic heterocycles. The molecule has 0 atom stereocenters. The minimum absolute atomic E-state index is 0.0952. The van der Waals surface area contributed by atoms with Gasteiger partial charge in [-0.25, -0.2) is 0 Å². The molecule has 0 saturated heterocycles. The molecule has 16 heavy (non-hydrogen) atoms. The van der Waals surface area contributed by atoms with E-state index >= 15 is 0 Å². The van der Waals surface area contributed by atoms with E-state index in [1.165, 1.54) is 18.2 Å². The summed E-state index contributed by atoms with van der Waals surface area (Å²) in [5.74, 6) is -0.244. The van der Waals surface area contributed by atoms with E-state index in [1.54, 1.807) is 13.8 Å². The van der Waals surface area contributed by atoms with Crippen LogP contribution in [0.1, 0.15) is 24.2 Å². The molecule has 86 valence electrons. The minimum Gasteiger partial charge on any atom is -0.475 e. The second-order valence-electron chi connectivity index (χ2n) is 3.95. The Hall–Kier alpha value is -1.65. The highest BCUT2D eigenvalue weighted by Crippen LogP contribution is 2.42. The number of fused-ring (bicyclic) bond motifs is 1. The molecule has 2 rings (SSSR count). The van der Waals surface area contributed by atoms with Crippen LogP contribution in [-0.2, 0) is 0 Å². The third-order valence-corrected chi connectivity index (χ3v) is 2.34. The van der Waals surface area contributed by atoms with E-state index < -0.39 is 12.2 Å². The van der Waals surface area contributed by atoms with Gasteiger partial charge in [-0.1, -0.05) is 6.07 Å². The second-order valence-corrected chi connectivity index (χ2v) is 3.95. The number of para-hydroxylation sites is 1. The Bertz CT molecular complexity index is 441. The van der Waals surface area contributed by atoms with E-state index in [0.29, 0.717) is 0 Å². The Balaban J connectivity index is 2.45. The molecule has 0 aliphatic carbocycles. The summed E-state index contributed by atoms with van der Waals surface area (Å²) in [7, 11) is 0. The molecule has 1 aliphatic rings. The average molecular weight is 228 g/mol. The SMILES string of the molecule is CC1(C)Oc2c(OC(F)F)cccc2C1=O. The van der Waals surface area contributed by atoms with E-state index in [0.717, 1.165) is 0 Å². The molecule has 1 aromatic rings. The predicted octanol–water partition coefficient (Wildman–Crippen LogP) is 2.64. The van der Waals surface area contributed by atoms with Gasteiger partial charge in [0.2, 0.25) is 5.78 Å². The Morgan fingerprint density at radius 2 is 2.06 bits per heavy atom. The zero-order valence-electron chi connectivity index (χ0n) is 8.79. The number of carbonyl (C=O) groups is 1. The minimum atomic E-state index is -2.94. The van der Waals surface area contributed by atoms with Crippen LogP contribution < -0.4 is 9.47 Å². The van der Waals surface area contributed by atoms with Gasteiger partial charge in [0.05, 0.1) is 5.56 Å². The maximum atomic E-state index is 12.1. The van der Waals surface area contributed by atoms with E-state index in [2.05, 4.69) is 4.74 Å². The summed E-state index contributed by atoms with van der Waals surface area (Å²) in [6.45, 7) is 0.233. The van der Waals surface area contributed by atoms with Crippen molar-refractivity contribution in [2.24, 2.45) is 0 Å². The lowest BCUT2D eigenvalue weighted by Gasteiger charge is -2.16. The quantitative estimate of drug-likeness (QED) is 0.780. The van der Waals surface area contributed by atoms with Crippen LogP contribution in [0.25, 0.3) is 0 Å². The zero-order valence-corrected chi connectivity index (χ0v) is 8.79. The van der Waals surface area contributed by atoms with Crippen LogP contribution in [0.5, 0.6) is 11.5 Å². The van der Waals surface area contributed by atoms with Crippen molar-refractivity contribution in [2.45, 2.75) is 26.1 Å². The fraction of sp³-hybridized carbons (Fsp3) is 0.364. The highest BCUT2D eigenvalue weighted by atomic mass is 19.3. The van der Waals surface area contributed by atoms with Gasteiger partial charge in [0, 0.05) is 0 Å². The summed E-state index contributed by atoms with van der Waals surface area (Å²) in [4.78, 5) is 11.8. The van der Waals surface area contributed by atoms with Crippen LogP contribution in [-0.4, -0.2) is 18.0 Å². The van der Waals surface area contributed by atoms with Crippen LogP contribution in [0.15, 0.2) is 18.2 Å². The van der Waals surface area contributed by atoms with Crippen molar-refractivity contribution in [2.75, 3.05) is 0 Å². The summed E-state index contributed by atoms with van der Waals surface area (Å²) in [6, 6.07) is 4.36. The normalized spacial score (nSPS) is 17.2. The number of ketones is 1. The lowest BCUT2D eigenvalue weighted by molar-refractivity contribution is -0.0521. The number of ether oxygens (including phenoxy) is 2. The monoisotopic (exact) mass is 228 g/mol. The van der Waals surface area contributed by atoms with Crippen LogP contribution in [0.2, 0.25) is 0 Å². The Labute approximate surface area is 91.0 Å². The maximum Gasteiger partial charge on any atom is 0.387 e. The molecule has 0 N–H and O–H groups in total. The van der Waals surface area contributed by atoms with Gasteiger partial charge in [0.1, 0.15) is 0 Å². The van der Waals surface area contributed by atoms with Crippen LogP contribution in [0.4, 0.5) is 8.78 Å². The van der Waals surface area contributed by atoms with Crippen LogP contribution in [0.3, 0.4) is 0 Å². The summed E-state index contributed by atoms with van der Waals surface area (Å²) < 4.78 is 33.9. The first-order valence-electron chi connectivity index (χ1n) is 4.73. The van der Waals surface area contributed by atoms with E-state index in [9.17, 15) is 13.6 Å². The van der Waals surface area contributed by atoms with Gasteiger partial charge < -0.3 is 9.47 Å². The molecular weight excluding hydrogens is 218 g/mol. The smallest absolute Gasteiger partial charge is 0.387 e. The Morgan fingerprint density at radius 3 is 2.69 bits per heavy atom. The number of hydrogen-bond acceptors (Lipinski definition) is 3. The number of halogens is 2. The third-order valence-electron chi connectivity index (χ3n) is 2.34. The zero-order chi connectivity index (χ0) is 11.9. The van der Waals surface area contributed by atoms with E-state index in [-0.39, 0.29) is 22.8 Å². The third kappa shape index (κ3) is 1.62. The molecule has 5 heteroatoms. The standard InChI is InChI=1S/C11H10F2O3/c1-11(2)9(14)6-4-3-5-7(8(6)16-11)15-10(12)13/h3-5,10H,1-2H3. The molecular formula is C11H10F2O3. The summed E-state index contributed by atoms with van der Waals surface area (Å²) >= 11 is 0. The highest BCUT2D eigenvalue weighted by molar-refractivity contribution is 6.07. The van der Waals surface area contributed by atoms with Crippen molar-refractivity contribution in [3.05, 3.63) is 23.8 Å². The van der Waals surface area contributed by atoms with Crippen molar-refractivity contribution >= 4 is 5.78 Å². The van der Waals surface area contributed by atoms with Gasteiger partial charge in [0.25, 0.3) is 0 Å². The van der Waals surface area contributed by atoms with Gasteiger partial charge in [-0.15, -0.1) is 0 Å². The van der Waals surface area contributed by atoms with Gasteiger partial charge in [0.15, 0.2) is 17.1 Å². The number of hydrogen-bond donors (Lipinski definition) is 0. The molecule has 0 spiro atoms. The first kappa shape index (κ1) is 10.9. The highest BCUT2D eigenvalue weighted by Gasteiger charge is 2.41. The van der Waals surface area contributed by atoms with Gasteiger partial charge in [-0.3, -0.25) is 4.79 Å². The van der Waals surface area contributed by atoms with Crippen molar-refractivity contribution in [1.29, 1.82) is 0 Å². The molecule has 1 aromatic carbocycles. The second kappa shape index (κ2) is 3.43. The molecule has 0 unspecified atom stereocenters. The molecule has 1 heterocycles. The van der Waals surface area contributed by atoms with E-state index in [1.807, 2.05) is 0 Å². The van der Waals surface area contributed by atoms with Gasteiger partial charge in [-0.05, 0) is 26.0 Å².